The first-order valence-corrected chi connectivity index (χ1v) is 11.3. The van der Waals surface area contributed by atoms with Crippen molar-refractivity contribution < 1.29 is 33.9 Å². The summed E-state index contributed by atoms with van der Waals surface area (Å²) in [6.07, 6.45) is 0.500. The molecule has 34 heavy (non-hydrogen) atoms. The van der Waals surface area contributed by atoms with Gasteiger partial charge in [0.1, 0.15) is 18.1 Å². The van der Waals surface area contributed by atoms with Gasteiger partial charge < -0.3 is 44.0 Å². The zero-order valence-corrected chi connectivity index (χ0v) is 19.7. The summed E-state index contributed by atoms with van der Waals surface area (Å²) in [5.41, 5.74) is 21.4. The molecule has 15 heteroatoms. The summed E-state index contributed by atoms with van der Waals surface area (Å²) in [6.45, 7) is 0.344. The van der Waals surface area contributed by atoms with Crippen LogP contribution < -0.4 is 38.9 Å². The zero-order chi connectivity index (χ0) is 26.3. The van der Waals surface area contributed by atoms with Crippen molar-refractivity contribution in [2.24, 2.45) is 22.9 Å². The number of carbonyl (C=O) groups is 6. The van der Waals surface area contributed by atoms with Crippen LogP contribution in [-0.2, 0) is 28.8 Å². The molecule has 0 aliphatic heterocycles. The third kappa shape index (κ3) is 13.0. The van der Waals surface area contributed by atoms with E-state index in [1.54, 1.807) is 0 Å². The molecule has 0 spiro atoms. The Morgan fingerprint density at radius 2 is 1.21 bits per heavy atom. The molecule has 194 valence electrons. The molecule has 5 amide bonds. The van der Waals surface area contributed by atoms with Gasteiger partial charge in [-0.1, -0.05) is 0 Å². The minimum absolute atomic E-state index is 0.0598. The first-order chi connectivity index (χ1) is 15.9. The van der Waals surface area contributed by atoms with Crippen LogP contribution in [0.3, 0.4) is 0 Å². The highest BCUT2D eigenvalue weighted by atomic mass is 32.1. The van der Waals surface area contributed by atoms with Crippen LogP contribution >= 0.6 is 12.6 Å². The second-order valence-electron chi connectivity index (χ2n) is 7.61. The van der Waals surface area contributed by atoms with E-state index < -0.39 is 59.7 Å². The summed E-state index contributed by atoms with van der Waals surface area (Å²) in [6, 6.07) is -4.84. The monoisotopic (exact) mass is 505 g/mol. The van der Waals surface area contributed by atoms with Gasteiger partial charge in [-0.3, -0.25) is 24.0 Å². The van der Waals surface area contributed by atoms with Gasteiger partial charge in [-0.2, -0.15) is 12.6 Å². The third-order valence-corrected chi connectivity index (χ3v) is 5.09. The highest BCUT2D eigenvalue weighted by molar-refractivity contribution is 7.80. The second-order valence-corrected chi connectivity index (χ2v) is 7.97. The highest BCUT2D eigenvalue weighted by Gasteiger charge is 2.30. The number of thiol groups is 1. The number of aliphatic carboxylic acids is 1. The van der Waals surface area contributed by atoms with Crippen LogP contribution in [0.1, 0.15) is 44.9 Å². The van der Waals surface area contributed by atoms with Crippen molar-refractivity contribution in [2.45, 2.75) is 69.1 Å². The molecule has 0 saturated carbocycles. The molecular weight excluding hydrogens is 470 g/mol. The number of unbranched alkanes of at least 4 members (excludes halogenated alkanes) is 1. The van der Waals surface area contributed by atoms with E-state index in [-0.39, 0.29) is 37.9 Å². The Morgan fingerprint density at radius 3 is 1.68 bits per heavy atom. The molecule has 4 atom stereocenters. The fraction of sp³-hybridized carbons (Fsp3) is 0.684. The maximum absolute atomic E-state index is 12.9. The number of primary amides is 2. The summed E-state index contributed by atoms with van der Waals surface area (Å²) in [5, 5.41) is 16.3. The van der Waals surface area contributed by atoms with Crippen molar-refractivity contribution >= 4 is 48.1 Å². The van der Waals surface area contributed by atoms with Gasteiger partial charge in [-0.25, -0.2) is 4.79 Å². The Kier molecular flexibility index (Phi) is 15.2. The fourth-order valence-corrected chi connectivity index (χ4v) is 3.00. The van der Waals surface area contributed by atoms with E-state index in [1.807, 2.05) is 0 Å². The maximum Gasteiger partial charge on any atom is 0.327 e. The number of hydrogen-bond acceptors (Lipinski definition) is 9. The molecule has 0 aromatic rings. The average molecular weight is 506 g/mol. The predicted octanol–water partition coefficient (Wildman–Crippen LogP) is -3.56. The number of nitrogens with one attached hydrogen (secondary N) is 3. The standard InChI is InChI=1S/C19H35N7O7S/c20-8-2-1-3-11(17(30)26-13(9-34)19(32)33)25-18(31)12(5-7-15(23)28)24-16(29)10(21)4-6-14(22)27/h10-13,34H,1-9,20-21H2,(H2,22,27)(H2,23,28)(H,24,29)(H,25,31)(H,26,30)(H,32,33). The summed E-state index contributed by atoms with van der Waals surface area (Å²) < 4.78 is 0. The molecule has 0 radical (unpaired) electrons. The first-order valence-electron chi connectivity index (χ1n) is 10.7. The number of nitrogens with two attached hydrogens (primary N) is 4. The Labute approximate surface area is 202 Å². The number of carboxylic acids is 1. The lowest BCUT2D eigenvalue weighted by Gasteiger charge is -2.25. The quantitative estimate of drug-likeness (QED) is 0.0658. The SMILES string of the molecule is NCCCCC(NC(=O)C(CCC(N)=O)NC(=O)C(N)CCC(N)=O)C(=O)NC(CS)C(=O)O. The Bertz CT molecular complexity index is 738. The van der Waals surface area contributed by atoms with Gasteiger partial charge in [0.2, 0.25) is 29.5 Å². The maximum atomic E-state index is 12.9. The molecule has 0 bridgehead atoms. The van der Waals surface area contributed by atoms with Gasteiger partial charge in [0.15, 0.2) is 0 Å². The highest BCUT2D eigenvalue weighted by Crippen LogP contribution is 2.06. The first kappa shape index (κ1) is 31.1. The minimum atomic E-state index is -1.30. The number of hydrogen-bond donors (Lipinski definition) is 9. The smallest absolute Gasteiger partial charge is 0.327 e. The number of carboxylic acid groups (broad SMARTS) is 1. The Morgan fingerprint density at radius 1 is 0.735 bits per heavy atom. The Hall–Kier alpha value is -2.91. The van der Waals surface area contributed by atoms with Crippen LogP contribution in [0.2, 0.25) is 0 Å². The van der Waals surface area contributed by atoms with Crippen LogP contribution in [0, 0.1) is 0 Å². The predicted molar refractivity (Wildman–Crippen MR) is 125 cm³/mol. The fourth-order valence-electron chi connectivity index (χ4n) is 2.75. The van der Waals surface area contributed by atoms with E-state index in [0.717, 1.165) is 0 Å². The van der Waals surface area contributed by atoms with E-state index in [0.29, 0.717) is 19.4 Å². The lowest BCUT2D eigenvalue weighted by molar-refractivity contribution is -0.141. The molecule has 0 rings (SSSR count). The third-order valence-electron chi connectivity index (χ3n) is 4.73. The van der Waals surface area contributed by atoms with Crippen LogP contribution in [0.4, 0.5) is 0 Å². The molecule has 12 N–H and O–H groups in total. The van der Waals surface area contributed by atoms with Gasteiger partial charge in [0.25, 0.3) is 0 Å². The molecule has 0 heterocycles. The number of amides is 5. The van der Waals surface area contributed by atoms with E-state index >= 15 is 0 Å². The summed E-state index contributed by atoms with van der Waals surface area (Å²) in [4.78, 5) is 71.2. The van der Waals surface area contributed by atoms with Crippen LogP contribution in [0.15, 0.2) is 0 Å². The van der Waals surface area contributed by atoms with Gasteiger partial charge in [-0.05, 0) is 38.6 Å². The molecule has 4 unspecified atom stereocenters. The van der Waals surface area contributed by atoms with Crippen LogP contribution in [0.5, 0.6) is 0 Å². The summed E-state index contributed by atoms with van der Waals surface area (Å²) in [5.74, 6) is -5.18. The number of carbonyl (C=O) groups excluding carboxylic acids is 5. The van der Waals surface area contributed by atoms with Crippen molar-refractivity contribution in [1.29, 1.82) is 0 Å². The van der Waals surface area contributed by atoms with Crippen LogP contribution in [-0.4, -0.2) is 77.1 Å². The molecule has 14 nitrogen and oxygen atoms in total. The summed E-state index contributed by atoms with van der Waals surface area (Å²) in [7, 11) is 0. The van der Waals surface area contributed by atoms with Crippen molar-refractivity contribution in [3.8, 4) is 0 Å². The van der Waals surface area contributed by atoms with Gasteiger partial charge in [0.05, 0.1) is 6.04 Å². The van der Waals surface area contributed by atoms with E-state index in [9.17, 15) is 28.8 Å². The topological polar surface area (TPSA) is 263 Å². The van der Waals surface area contributed by atoms with E-state index in [2.05, 4.69) is 28.6 Å². The van der Waals surface area contributed by atoms with E-state index in [4.69, 9.17) is 28.0 Å². The largest absolute Gasteiger partial charge is 0.480 e. The zero-order valence-electron chi connectivity index (χ0n) is 18.8. The van der Waals surface area contributed by atoms with Gasteiger partial charge in [-0.15, -0.1) is 0 Å². The number of rotatable bonds is 18. The summed E-state index contributed by atoms with van der Waals surface area (Å²) >= 11 is 3.89. The van der Waals surface area contributed by atoms with Gasteiger partial charge in [0, 0.05) is 18.6 Å². The van der Waals surface area contributed by atoms with Crippen molar-refractivity contribution in [1.82, 2.24) is 16.0 Å². The molecule has 0 aliphatic rings. The second kappa shape index (κ2) is 16.7. The van der Waals surface area contributed by atoms with E-state index in [1.165, 1.54) is 0 Å². The van der Waals surface area contributed by atoms with Gasteiger partial charge >= 0.3 is 5.97 Å². The van der Waals surface area contributed by atoms with Crippen molar-refractivity contribution in [3.63, 3.8) is 0 Å². The molecule has 0 fully saturated rings. The lowest BCUT2D eigenvalue weighted by Crippen LogP contribution is -2.57. The lowest BCUT2D eigenvalue weighted by atomic mass is 10.0. The molecule has 0 aromatic heterocycles. The molecule has 0 aliphatic carbocycles. The van der Waals surface area contributed by atoms with Crippen molar-refractivity contribution in [2.75, 3.05) is 12.3 Å². The average Bonchev–Trinajstić information content (AvgIpc) is 2.76. The minimum Gasteiger partial charge on any atom is -0.480 e. The molecule has 0 saturated heterocycles. The van der Waals surface area contributed by atoms with Crippen molar-refractivity contribution in [3.05, 3.63) is 0 Å². The van der Waals surface area contributed by atoms with Crippen LogP contribution in [0.25, 0.3) is 0 Å². The normalized spacial score (nSPS) is 14.2. The molecule has 0 aromatic carbocycles. The Balaban J connectivity index is 5.46. The molecular formula is C19H35N7O7S.